The van der Waals surface area contributed by atoms with Crippen LogP contribution >= 0.6 is 11.6 Å². The van der Waals surface area contributed by atoms with Crippen LogP contribution in [0.5, 0.6) is 0 Å². The molecule has 0 heterocycles. The molecule has 0 amide bonds. The normalized spacial score (nSPS) is 16.7. The number of allylic oxidation sites excluding steroid dienone is 3. The monoisotopic (exact) mass is 753 g/mol. The molecule has 2 unspecified atom stereocenters. The second kappa shape index (κ2) is 24.2. The van der Waals surface area contributed by atoms with E-state index in [4.69, 9.17) is 28.9 Å². The summed E-state index contributed by atoms with van der Waals surface area (Å²) < 4.78 is 0. The molecule has 0 aliphatic heterocycles. The van der Waals surface area contributed by atoms with E-state index in [1.807, 2.05) is 25.1 Å². The van der Waals surface area contributed by atoms with Gasteiger partial charge in [-0.25, -0.2) is 0 Å². The third-order valence-corrected chi connectivity index (χ3v) is 6.57. The fraction of sp³-hybridized carbons (Fsp3) is 0.625. The molecule has 0 bridgehead atoms. The largest absolute Gasteiger partial charge is 0.518 e. The van der Waals surface area contributed by atoms with E-state index in [0.717, 1.165) is 73.7 Å². The van der Waals surface area contributed by atoms with Gasteiger partial charge in [0, 0.05) is 54.8 Å². The van der Waals surface area contributed by atoms with Crippen molar-refractivity contribution in [1.82, 2.24) is 0 Å². The van der Waals surface area contributed by atoms with Gasteiger partial charge in [0.1, 0.15) is 0 Å². The summed E-state index contributed by atoms with van der Waals surface area (Å²) in [5, 5.41) is 0.893. The van der Waals surface area contributed by atoms with Gasteiger partial charge in [0.15, 0.2) is 5.78 Å². The molecule has 208 valence electrons. The Morgan fingerprint density at radius 3 is 2.27 bits per heavy atom. The maximum absolute atomic E-state index is 12.1. The zero-order valence-corrected chi connectivity index (χ0v) is 29.3. The van der Waals surface area contributed by atoms with Crippen molar-refractivity contribution in [1.29, 1.82) is 0 Å². The predicted molar refractivity (Wildman–Crippen MR) is 160 cm³/mol. The number of aliphatic imine (C=N–C) groups is 1. The van der Waals surface area contributed by atoms with Gasteiger partial charge < -0.3 is 12.3 Å². The number of hydrogen-bond donors (Lipinski definition) is 1. The number of halogens is 1. The number of aryl methyl sites for hydroxylation is 1. The summed E-state index contributed by atoms with van der Waals surface area (Å²) in [7, 11) is 0. The molecule has 2 rings (SSSR count). The number of benzene rings is 1. The van der Waals surface area contributed by atoms with Crippen LogP contribution in [0.4, 0.5) is 0 Å². The van der Waals surface area contributed by atoms with Crippen LogP contribution in [0.25, 0.3) is 0 Å². The molecule has 5 heteroatoms. The number of hydrogen-bond acceptors (Lipinski definition) is 3. The van der Waals surface area contributed by atoms with E-state index >= 15 is 0 Å². The standard InChI is InChI=1S/C20H36N2O.C9H11Cl.C3H5.U/c1-5-9-15(3)13-16(4)14-22-18-12-8-7-11-17(18)20(21)19(23)10-6-2;1-2-5-8-6-3-4-7-9(8)10;1-3-2;/h15-16H,5-14,21H2,1-4H3;3-4,6-7H,2,5H2,1H3;1,3H,2H3;/q;;-1;/b20-17-,22-18?;;;. The molecule has 1 saturated carbocycles. The summed E-state index contributed by atoms with van der Waals surface area (Å²) in [6, 6.07) is 8.00. The smallest absolute Gasteiger partial charge is 0.178 e. The molecule has 0 spiro atoms. The summed E-state index contributed by atoms with van der Waals surface area (Å²) in [6.45, 7) is 18.4. The average Bonchev–Trinajstić information content (AvgIpc) is 2.85. The Kier molecular flexibility index (Phi) is 25.1. The zero-order valence-electron chi connectivity index (χ0n) is 24.4. The number of ketones is 1. The van der Waals surface area contributed by atoms with E-state index in [1.165, 1.54) is 30.9 Å². The van der Waals surface area contributed by atoms with Gasteiger partial charge in [-0.2, -0.15) is 0 Å². The van der Waals surface area contributed by atoms with E-state index in [0.29, 0.717) is 18.0 Å². The molecular weight excluding hydrogens is 702 g/mol. The van der Waals surface area contributed by atoms with Crippen LogP contribution in [0.2, 0.25) is 5.02 Å². The van der Waals surface area contributed by atoms with Crippen molar-refractivity contribution in [2.24, 2.45) is 22.6 Å². The molecule has 1 aliphatic rings. The minimum Gasteiger partial charge on any atom is -0.518 e. The van der Waals surface area contributed by atoms with E-state index in [1.54, 1.807) is 6.92 Å². The molecule has 1 aromatic rings. The first kappa shape index (κ1) is 38.3. The minimum absolute atomic E-state index is 0. The van der Waals surface area contributed by atoms with Gasteiger partial charge in [-0.05, 0) is 74.0 Å². The van der Waals surface area contributed by atoms with Crippen molar-refractivity contribution in [3.8, 4) is 0 Å². The number of carbonyl (C=O) groups is 1. The Labute approximate surface area is 257 Å². The Bertz CT molecular complexity index is 819. The van der Waals surface area contributed by atoms with Crippen LogP contribution in [0.1, 0.15) is 111 Å². The molecule has 37 heavy (non-hydrogen) atoms. The van der Waals surface area contributed by atoms with Gasteiger partial charge in [-0.3, -0.25) is 15.9 Å². The maximum atomic E-state index is 12.1. The quantitative estimate of drug-likeness (QED) is 0.181. The minimum atomic E-state index is 0. The number of carbonyl (C=O) groups excluding carboxylic acids is 1. The summed E-state index contributed by atoms with van der Waals surface area (Å²) in [6.07, 6.45) is 13.1. The van der Waals surface area contributed by atoms with Crippen LogP contribution in [-0.4, -0.2) is 18.0 Å². The van der Waals surface area contributed by atoms with E-state index in [2.05, 4.69) is 33.8 Å². The molecule has 0 aromatic heterocycles. The third kappa shape index (κ3) is 17.4. The fourth-order valence-corrected chi connectivity index (χ4v) is 4.72. The molecule has 1 aromatic carbocycles. The van der Waals surface area contributed by atoms with Crippen LogP contribution in [-0.2, 0) is 11.2 Å². The fourth-order valence-electron chi connectivity index (χ4n) is 4.49. The molecule has 1 aliphatic carbocycles. The molecule has 0 radical (unpaired) electrons. The molecule has 2 N–H and O–H groups in total. The van der Waals surface area contributed by atoms with Crippen molar-refractivity contribution < 1.29 is 35.9 Å². The Hall–Kier alpha value is -0.818. The Balaban J connectivity index is 0. The summed E-state index contributed by atoms with van der Waals surface area (Å²) in [5.74, 6) is 1.47. The van der Waals surface area contributed by atoms with Crippen molar-refractivity contribution in [2.45, 2.75) is 112 Å². The van der Waals surface area contributed by atoms with Gasteiger partial charge in [-0.15, -0.1) is 0 Å². The van der Waals surface area contributed by atoms with Gasteiger partial charge in [0.05, 0.1) is 5.70 Å². The Morgan fingerprint density at radius 2 is 1.70 bits per heavy atom. The van der Waals surface area contributed by atoms with Crippen LogP contribution in [0, 0.1) is 49.5 Å². The van der Waals surface area contributed by atoms with Crippen LogP contribution < -0.4 is 5.73 Å². The third-order valence-electron chi connectivity index (χ3n) is 6.20. The summed E-state index contributed by atoms with van der Waals surface area (Å²) in [4.78, 5) is 17.0. The van der Waals surface area contributed by atoms with E-state index < -0.39 is 0 Å². The molecule has 0 saturated heterocycles. The summed E-state index contributed by atoms with van der Waals surface area (Å²) in [5.41, 5.74) is 10.0. The number of Topliss-reactive ketones (excluding diaryl/α,β-unsaturated/α-hetero) is 1. The number of nitrogens with zero attached hydrogens (tertiary/aromatic N) is 1. The number of rotatable bonds is 11. The zero-order chi connectivity index (χ0) is 27.3. The predicted octanol–water partition coefficient (Wildman–Crippen LogP) is 9.33. The van der Waals surface area contributed by atoms with Gasteiger partial charge in [0.25, 0.3) is 0 Å². The average molecular weight is 754 g/mol. The molecule has 3 nitrogen and oxygen atoms in total. The number of nitrogens with two attached hydrogens (primary N) is 1. The van der Waals surface area contributed by atoms with Crippen molar-refractivity contribution >= 4 is 23.1 Å². The first-order valence-corrected chi connectivity index (χ1v) is 14.4. The summed E-state index contributed by atoms with van der Waals surface area (Å²) >= 11 is 5.90. The second-order valence-corrected chi connectivity index (χ2v) is 10.4. The first-order valence-electron chi connectivity index (χ1n) is 14.0. The molecular formula is C32H52ClN2OU-. The van der Waals surface area contributed by atoms with Crippen LogP contribution in [0.15, 0.2) is 46.6 Å². The van der Waals surface area contributed by atoms with Crippen molar-refractivity contribution in [3.63, 3.8) is 0 Å². The molecule has 2 atom stereocenters. The SMILES string of the molecule is CCCC(=O)/C(N)=C1\CCCCC1=NCC(C)CC(C)CCC.CCCc1ccccc1Cl.[CH-]=CC.[U]. The Morgan fingerprint density at radius 1 is 1.08 bits per heavy atom. The maximum Gasteiger partial charge on any atom is 0.178 e. The second-order valence-electron chi connectivity index (χ2n) is 9.97. The van der Waals surface area contributed by atoms with Crippen LogP contribution in [0.3, 0.4) is 0 Å². The topological polar surface area (TPSA) is 55.5 Å². The molecule has 1 fully saturated rings. The van der Waals surface area contributed by atoms with Gasteiger partial charge in [-0.1, -0.05) is 90.6 Å². The van der Waals surface area contributed by atoms with E-state index in [9.17, 15) is 4.79 Å². The van der Waals surface area contributed by atoms with E-state index in [-0.39, 0.29) is 36.9 Å². The van der Waals surface area contributed by atoms with Crippen molar-refractivity contribution in [2.75, 3.05) is 6.54 Å². The van der Waals surface area contributed by atoms with Gasteiger partial charge in [0.2, 0.25) is 0 Å². The first-order chi connectivity index (χ1) is 17.2. The van der Waals surface area contributed by atoms with Gasteiger partial charge >= 0.3 is 0 Å². The van der Waals surface area contributed by atoms with Crippen molar-refractivity contribution in [3.05, 3.63) is 58.8 Å².